The summed E-state index contributed by atoms with van der Waals surface area (Å²) >= 11 is 7.61. The summed E-state index contributed by atoms with van der Waals surface area (Å²) in [4.78, 5) is 30.4. The third-order valence-corrected chi connectivity index (χ3v) is 9.07. The van der Waals surface area contributed by atoms with Crippen LogP contribution in [0.1, 0.15) is 68.4 Å². The average Bonchev–Trinajstić information content (AvgIpc) is 3.22. The quantitative estimate of drug-likeness (QED) is 0.436. The molecule has 1 aliphatic heterocycles. The molecule has 5 nitrogen and oxygen atoms in total. The monoisotopic (exact) mass is 503 g/mol. The van der Waals surface area contributed by atoms with Gasteiger partial charge in [0.2, 0.25) is 12.3 Å². The van der Waals surface area contributed by atoms with Crippen molar-refractivity contribution >= 4 is 45.9 Å². The van der Waals surface area contributed by atoms with Crippen LogP contribution in [0, 0.1) is 11.7 Å². The summed E-state index contributed by atoms with van der Waals surface area (Å²) in [6.07, 6.45) is 9.02. The molecule has 3 aliphatic rings. The van der Waals surface area contributed by atoms with Crippen molar-refractivity contribution in [2.45, 2.75) is 76.4 Å². The molecule has 1 aromatic heterocycles. The maximum atomic E-state index is 13.9. The number of halogens is 2. The smallest absolute Gasteiger partial charge is 0.243 e. The number of carbonyl (C=O) groups excluding carboxylic acids is 2. The molecule has 2 amide bonds. The number of nitrogens with zero attached hydrogens (tertiary/aromatic N) is 2. The van der Waals surface area contributed by atoms with Crippen LogP contribution < -0.4 is 15.1 Å². The van der Waals surface area contributed by atoms with Crippen LogP contribution in [0.3, 0.4) is 0 Å². The fraction of sp³-hybridized carbons (Fsp3) is 0.538. The Morgan fingerprint density at radius 2 is 2.06 bits per heavy atom. The Balaban J connectivity index is 1.36. The fourth-order valence-electron chi connectivity index (χ4n) is 5.38. The van der Waals surface area contributed by atoms with Gasteiger partial charge in [0.25, 0.3) is 0 Å². The second-order valence-electron chi connectivity index (χ2n) is 9.89. The first-order valence-electron chi connectivity index (χ1n) is 12.3. The van der Waals surface area contributed by atoms with Crippen molar-refractivity contribution in [1.29, 1.82) is 0 Å². The molecule has 2 heterocycles. The molecular formula is C26H31ClFN3O2S. The molecule has 0 unspecified atom stereocenters. The van der Waals surface area contributed by atoms with Crippen LogP contribution in [-0.2, 0) is 16.0 Å². The molecule has 5 rings (SSSR count). The first-order chi connectivity index (χ1) is 16.4. The molecule has 1 aromatic carbocycles. The van der Waals surface area contributed by atoms with Crippen LogP contribution in [-0.4, -0.2) is 30.9 Å². The molecule has 1 N–H and O–H groups in total. The highest BCUT2D eigenvalue weighted by molar-refractivity contribution is 7.16. The lowest BCUT2D eigenvalue weighted by Crippen LogP contribution is -2.48. The zero-order valence-electron chi connectivity index (χ0n) is 19.4. The van der Waals surface area contributed by atoms with E-state index in [-0.39, 0.29) is 28.8 Å². The molecule has 0 bridgehead atoms. The first kappa shape index (κ1) is 23.6. The standard InChI is InChI=1S/C26H31ClFN3O2S/c1-16(30-11-10-18-13-21(28)20(27)14-22(18)30)24-8-9-25(34-24)31(15-32)23(12-17-4-2-3-5-17)26(33)29-19-6-7-19/h8-9,13-17,19,23H,2-7,10-12H2,1H3,(H,29,33)/t16-,23+/m1/s1. The van der Waals surface area contributed by atoms with Gasteiger partial charge in [-0.25, -0.2) is 4.39 Å². The van der Waals surface area contributed by atoms with Gasteiger partial charge in [-0.05, 0) is 68.4 Å². The third kappa shape index (κ3) is 4.82. The Morgan fingerprint density at radius 1 is 1.29 bits per heavy atom. The lowest BCUT2D eigenvalue weighted by atomic mass is 9.97. The Hall–Kier alpha value is -2.12. The number of hydrogen-bond donors (Lipinski definition) is 1. The van der Waals surface area contributed by atoms with Gasteiger partial charge in [-0.15, -0.1) is 11.3 Å². The molecule has 0 radical (unpaired) electrons. The van der Waals surface area contributed by atoms with E-state index in [1.54, 1.807) is 22.3 Å². The third-order valence-electron chi connectivity index (χ3n) is 7.51. The average molecular weight is 504 g/mol. The van der Waals surface area contributed by atoms with E-state index in [9.17, 15) is 14.0 Å². The predicted octanol–water partition coefficient (Wildman–Crippen LogP) is 5.85. The van der Waals surface area contributed by atoms with E-state index in [0.717, 1.165) is 66.2 Å². The summed E-state index contributed by atoms with van der Waals surface area (Å²) in [6.45, 7) is 2.90. The van der Waals surface area contributed by atoms with Crippen molar-refractivity contribution in [3.63, 3.8) is 0 Å². The Labute approximate surface area is 209 Å². The van der Waals surface area contributed by atoms with Crippen molar-refractivity contribution in [2.75, 3.05) is 16.3 Å². The van der Waals surface area contributed by atoms with Crippen LogP contribution in [0.4, 0.5) is 15.1 Å². The molecule has 0 spiro atoms. The van der Waals surface area contributed by atoms with Gasteiger partial charge in [-0.3, -0.25) is 14.5 Å². The maximum absolute atomic E-state index is 13.9. The summed E-state index contributed by atoms with van der Waals surface area (Å²) in [6, 6.07) is 7.06. The van der Waals surface area contributed by atoms with Crippen molar-refractivity contribution in [1.82, 2.24) is 5.32 Å². The van der Waals surface area contributed by atoms with Crippen LogP contribution in [0.2, 0.25) is 5.02 Å². The van der Waals surface area contributed by atoms with Gasteiger partial charge in [0.05, 0.1) is 16.1 Å². The summed E-state index contributed by atoms with van der Waals surface area (Å²) in [7, 11) is 0. The highest BCUT2D eigenvalue weighted by Gasteiger charge is 2.35. The van der Waals surface area contributed by atoms with E-state index in [4.69, 9.17) is 11.6 Å². The second-order valence-corrected chi connectivity index (χ2v) is 11.4. The number of carbonyl (C=O) groups is 2. The zero-order valence-corrected chi connectivity index (χ0v) is 21.0. The minimum Gasteiger partial charge on any atom is -0.363 e. The largest absolute Gasteiger partial charge is 0.363 e. The van der Waals surface area contributed by atoms with E-state index in [1.807, 2.05) is 12.1 Å². The van der Waals surface area contributed by atoms with Crippen molar-refractivity contribution in [2.24, 2.45) is 5.92 Å². The fourth-order valence-corrected chi connectivity index (χ4v) is 6.63. The number of thiophene rings is 1. The molecule has 2 atom stereocenters. The maximum Gasteiger partial charge on any atom is 0.243 e. The van der Waals surface area contributed by atoms with Crippen LogP contribution in [0.25, 0.3) is 0 Å². The lowest BCUT2D eigenvalue weighted by Gasteiger charge is -2.29. The number of hydrogen-bond acceptors (Lipinski definition) is 4. The van der Waals surface area contributed by atoms with Crippen LogP contribution >= 0.6 is 22.9 Å². The van der Waals surface area contributed by atoms with Gasteiger partial charge in [0, 0.05) is 23.2 Å². The number of benzene rings is 1. The van der Waals surface area contributed by atoms with E-state index in [2.05, 4.69) is 17.1 Å². The second kappa shape index (κ2) is 9.86. The van der Waals surface area contributed by atoms with Gasteiger partial charge >= 0.3 is 0 Å². The van der Waals surface area contributed by atoms with Crippen LogP contribution in [0.5, 0.6) is 0 Å². The number of rotatable bonds is 9. The number of amides is 2. The molecule has 2 saturated carbocycles. The molecule has 182 valence electrons. The van der Waals surface area contributed by atoms with Gasteiger partial charge in [-0.1, -0.05) is 37.3 Å². The SMILES string of the molecule is C[C@H](c1ccc(N(C=O)[C@@H](CC2CCCC2)C(=O)NC2CC2)s1)N1CCc2cc(F)c(Cl)cc21. The Morgan fingerprint density at radius 3 is 2.76 bits per heavy atom. The molecule has 2 aromatic rings. The molecule has 0 saturated heterocycles. The molecule has 34 heavy (non-hydrogen) atoms. The molecular weight excluding hydrogens is 473 g/mol. The van der Waals surface area contributed by atoms with Crippen molar-refractivity contribution < 1.29 is 14.0 Å². The van der Waals surface area contributed by atoms with E-state index in [0.29, 0.717) is 12.3 Å². The normalized spacial score (nSPS) is 19.7. The Bertz CT molecular complexity index is 1070. The van der Waals surface area contributed by atoms with Gasteiger partial charge in [0.1, 0.15) is 11.9 Å². The van der Waals surface area contributed by atoms with Crippen molar-refractivity contribution in [3.8, 4) is 0 Å². The van der Waals surface area contributed by atoms with E-state index < -0.39 is 6.04 Å². The van der Waals surface area contributed by atoms with Gasteiger partial charge in [0.15, 0.2) is 0 Å². The van der Waals surface area contributed by atoms with Crippen molar-refractivity contribution in [3.05, 3.63) is 45.5 Å². The minimum atomic E-state index is -0.475. The predicted molar refractivity (Wildman–Crippen MR) is 135 cm³/mol. The lowest BCUT2D eigenvalue weighted by molar-refractivity contribution is -0.124. The molecule has 8 heteroatoms. The van der Waals surface area contributed by atoms with Crippen LogP contribution in [0.15, 0.2) is 24.3 Å². The minimum absolute atomic E-state index is 0.0327. The number of nitrogens with one attached hydrogen (secondary N) is 1. The topological polar surface area (TPSA) is 52.7 Å². The molecule has 2 aliphatic carbocycles. The summed E-state index contributed by atoms with van der Waals surface area (Å²) in [5.41, 5.74) is 1.93. The van der Waals surface area contributed by atoms with Gasteiger partial charge < -0.3 is 10.2 Å². The highest BCUT2D eigenvalue weighted by Crippen LogP contribution is 2.41. The zero-order chi connectivity index (χ0) is 23.8. The first-order valence-corrected chi connectivity index (χ1v) is 13.5. The summed E-state index contributed by atoms with van der Waals surface area (Å²) in [5.74, 6) is 0.0735. The summed E-state index contributed by atoms with van der Waals surface area (Å²) < 4.78 is 13.9. The number of fused-ring (bicyclic) bond motifs is 1. The number of anilines is 2. The summed E-state index contributed by atoms with van der Waals surface area (Å²) in [5, 5.41) is 4.05. The molecule has 2 fully saturated rings. The van der Waals surface area contributed by atoms with E-state index in [1.165, 1.54) is 18.9 Å². The van der Waals surface area contributed by atoms with Gasteiger partial charge in [-0.2, -0.15) is 0 Å². The van der Waals surface area contributed by atoms with E-state index >= 15 is 0 Å². The Kier molecular flexibility index (Phi) is 6.85. The highest BCUT2D eigenvalue weighted by atomic mass is 35.5.